The standard InChI is InChI=1S/C15H21N5O2/c1-2-13(21)19-8-5-11(6-9-19)15(22)20-7-3-4-12(20)14-16-10-17-18-14/h2,10-12H,1,3-9H2,(H,16,17,18)/t12-/m0/s1. The van der Waals surface area contributed by atoms with Gasteiger partial charge in [0.2, 0.25) is 11.8 Å². The number of nitrogens with zero attached hydrogens (tertiary/aromatic N) is 4. The highest BCUT2D eigenvalue weighted by molar-refractivity contribution is 5.87. The van der Waals surface area contributed by atoms with Crippen molar-refractivity contribution in [1.29, 1.82) is 0 Å². The molecule has 0 aliphatic carbocycles. The number of hydrogen-bond donors (Lipinski definition) is 1. The van der Waals surface area contributed by atoms with Crippen LogP contribution in [0.15, 0.2) is 19.0 Å². The quantitative estimate of drug-likeness (QED) is 0.841. The first-order chi connectivity index (χ1) is 10.7. The van der Waals surface area contributed by atoms with Gasteiger partial charge in [-0.05, 0) is 31.8 Å². The van der Waals surface area contributed by atoms with E-state index in [4.69, 9.17) is 0 Å². The SMILES string of the molecule is C=CC(=O)N1CCC(C(=O)N2CCC[C@H]2c2ncn[nH]2)CC1. The van der Waals surface area contributed by atoms with Crippen LogP contribution >= 0.6 is 0 Å². The van der Waals surface area contributed by atoms with Gasteiger partial charge in [0, 0.05) is 25.6 Å². The van der Waals surface area contributed by atoms with Crippen LogP contribution in [-0.2, 0) is 9.59 Å². The zero-order valence-corrected chi connectivity index (χ0v) is 12.6. The molecule has 118 valence electrons. The lowest BCUT2D eigenvalue weighted by Gasteiger charge is -2.34. The molecule has 0 unspecified atom stereocenters. The number of aromatic amines is 1. The largest absolute Gasteiger partial charge is 0.339 e. The molecule has 1 N–H and O–H groups in total. The number of amides is 2. The molecule has 7 heteroatoms. The highest BCUT2D eigenvalue weighted by Crippen LogP contribution is 2.32. The highest BCUT2D eigenvalue weighted by atomic mass is 16.2. The normalized spacial score (nSPS) is 22.8. The molecule has 0 saturated carbocycles. The summed E-state index contributed by atoms with van der Waals surface area (Å²) in [4.78, 5) is 32.3. The molecule has 22 heavy (non-hydrogen) atoms. The van der Waals surface area contributed by atoms with Crippen molar-refractivity contribution in [1.82, 2.24) is 25.0 Å². The van der Waals surface area contributed by atoms with Crippen molar-refractivity contribution in [2.45, 2.75) is 31.7 Å². The smallest absolute Gasteiger partial charge is 0.245 e. The Bertz CT molecular complexity index is 548. The minimum Gasteiger partial charge on any atom is -0.339 e. The third-order valence-corrected chi connectivity index (χ3v) is 4.62. The molecule has 2 amide bonds. The van der Waals surface area contributed by atoms with Gasteiger partial charge in [0.1, 0.15) is 12.2 Å². The Hall–Kier alpha value is -2.18. The number of piperidine rings is 1. The monoisotopic (exact) mass is 303 g/mol. The molecule has 1 aromatic rings. The number of carbonyl (C=O) groups excluding carboxylic acids is 2. The van der Waals surface area contributed by atoms with Crippen LogP contribution in [0.2, 0.25) is 0 Å². The lowest BCUT2D eigenvalue weighted by Crippen LogP contribution is -2.44. The maximum Gasteiger partial charge on any atom is 0.245 e. The molecule has 1 aromatic heterocycles. The Kier molecular flexibility index (Phi) is 4.22. The summed E-state index contributed by atoms with van der Waals surface area (Å²) in [6.45, 7) is 5.54. The van der Waals surface area contributed by atoms with E-state index >= 15 is 0 Å². The van der Waals surface area contributed by atoms with Gasteiger partial charge >= 0.3 is 0 Å². The fourth-order valence-corrected chi connectivity index (χ4v) is 3.40. The first-order valence-electron chi connectivity index (χ1n) is 7.77. The van der Waals surface area contributed by atoms with Crippen molar-refractivity contribution in [2.24, 2.45) is 5.92 Å². The third kappa shape index (κ3) is 2.75. The molecule has 2 saturated heterocycles. The summed E-state index contributed by atoms with van der Waals surface area (Å²) in [5.41, 5.74) is 0. The van der Waals surface area contributed by atoms with Gasteiger partial charge in [-0.25, -0.2) is 4.98 Å². The molecule has 3 rings (SSSR count). The van der Waals surface area contributed by atoms with E-state index < -0.39 is 0 Å². The summed E-state index contributed by atoms with van der Waals surface area (Å²) in [5, 5.41) is 6.76. The van der Waals surface area contributed by atoms with E-state index in [0.29, 0.717) is 13.1 Å². The summed E-state index contributed by atoms with van der Waals surface area (Å²) in [6.07, 6.45) is 6.17. The molecule has 0 bridgehead atoms. The van der Waals surface area contributed by atoms with Crippen LogP contribution < -0.4 is 0 Å². The second-order valence-corrected chi connectivity index (χ2v) is 5.86. The average Bonchev–Trinajstić information content (AvgIpc) is 3.24. The van der Waals surface area contributed by atoms with Crippen LogP contribution in [-0.4, -0.2) is 56.4 Å². The lowest BCUT2D eigenvalue weighted by molar-refractivity contribution is -0.140. The van der Waals surface area contributed by atoms with Crippen LogP contribution in [0, 0.1) is 5.92 Å². The summed E-state index contributed by atoms with van der Waals surface area (Å²) < 4.78 is 0. The summed E-state index contributed by atoms with van der Waals surface area (Å²) in [5.74, 6) is 0.902. The van der Waals surface area contributed by atoms with E-state index in [1.807, 2.05) is 4.90 Å². The van der Waals surface area contributed by atoms with Gasteiger partial charge in [-0.15, -0.1) is 0 Å². The highest BCUT2D eigenvalue weighted by Gasteiger charge is 2.36. The molecule has 0 spiro atoms. The number of rotatable bonds is 3. The maximum atomic E-state index is 12.8. The minimum absolute atomic E-state index is 0.00242. The number of hydrogen-bond acceptors (Lipinski definition) is 4. The zero-order chi connectivity index (χ0) is 15.5. The van der Waals surface area contributed by atoms with Gasteiger partial charge in [-0.3, -0.25) is 14.7 Å². The molecule has 2 aliphatic rings. The van der Waals surface area contributed by atoms with E-state index in [9.17, 15) is 9.59 Å². The summed E-state index contributed by atoms with van der Waals surface area (Å²) in [6, 6.07) is 0.0165. The Morgan fingerprint density at radius 3 is 2.68 bits per heavy atom. The Morgan fingerprint density at radius 1 is 1.27 bits per heavy atom. The van der Waals surface area contributed by atoms with Gasteiger partial charge in [0.05, 0.1) is 6.04 Å². The lowest BCUT2D eigenvalue weighted by atomic mass is 9.95. The Labute approximate surface area is 129 Å². The first kappa shape index (κ1) is 14.7. The second-order valence-electron chi connectivity index (χ2n) is 5.86. The fourth-order valence-electron chi connectivity index (χ4n) is 3.40. The predicted octanol–water partition coefficient (Wildman–Crippen LogP) is 0.893. The molecular formula is C15H21N5O2. The van der Waals surface area contributed by atoms with Crippen LogP contribution in [0.4, 0.5) is 0 Å². The summed E-state index contributed by atoms with van der Waals surface area (Å²) in [7, 11) is 0. The van der Waals surface area contributed by atoms with E-state index in [-0.39, 0.29) is 23.8 Å². The number of H-pyrrole nitrogens is 1. The molecule has 0 aromatic carbocycles. The van der Waals surface area contributed by atoms with Crippen LogP contribution in [0.1, 0.15) is 37.5 Å². The first-order valence-corrected chi connectivity index (χ1v) is 7.77. The minimum atomic E-state index is -0.0494. The third-order valence-electron chi connectivity index (χ3n) is 4.62. The number of likely N-dealkylation sites (tertiary alicyclic amines) is 2. The van der Waals surface area contributed by atoms with E-state index in [0.717, 1.165) is 38.1 Å². The number of aromatic nitrogens is 3. The van der Waals surface area contributed by atoms with E-state index in [1.165, 1.54) is 12.4 Å². The van der Waals surface area contributed by atoms with Gasteiger partial charge in [0.25, 0.3) is 0 Å². The molecule has 0 radical (unpaired) electrons. The molecular weight excluding hydrogens is 282 g/mol. The van der Waals surface area contributed by atoms with Crippen molar-refractivity contribution in [3.8, 4) is 0 Å². The van der Waals surface area contributed by atoms with Crippen LogP contribution in [0.3, 0.4) is 0 Å². The van der Waals surface area contributed by atoms with Crippen LogP contribution in [0.5, 0.6) is 0 Å². The average molecular weight is 303 g/mol. The predicted molar refractivity (Wildman–Crippen MR) is 79.6 cm³/mol. The molecule has 2 aliphatic heterocycles. The molecule has 2 fully saturated rings. The molecule has 3 heterocycles. The van der Waals surface area contributed by atoms with Gasteiger partial charge < -0.3 is 9.80 Å². The van der Waals surface area contributed by atoms with Crippen molar-refractivity contribution < 1.29 is 9.59 Å². The fraction of sp³-hybridized carbons (Fsp3) is 0.600. The second kappa shape index (κ2) is 6.29. The van der Waals surface area contributed by atoms with Gasteiger partial charge in [0.15, 0.2) is 0 Å². The van der Waals surface area contributed by atoms with Crippen molar-refractivity contribution in [2.75, 3.05) is 19.6 Å². The van der Waals surface area contributed by atoms with Crippen molar-refractivity contribution in [3.05, 3.63) is 24.8 Å². The zero-order valence-electron chi connectivity index (χ0n) is 12.6. The van der Waals surface area contributed by atoms with Crippen LogP contribution in [0.25, 0.3) is 0 Å². The Balaban J connectivity index is 1.62. The van der Waals surface area contributed by atoms with E-state index in [2.05, 4.69) is 21.8 Å². The molecule has 7 nitrogen and oxygen atoms in total. The van der Waals surface area contributed by atoms with Gasteiger partial charge in [-0.1, -0.05) is 6.58 Å². The van der Waals surface area contributed by atoms with Crippen molar-refractivity contribution >= 4 is 11.8 Å². The Morgan fingerprint density at radius 2 is 2.05 bits per heavy atom. The number of carbonyl (C=O) groups is 2. The maximum absolute atomic E-state index is 12.8. The van der Waals surface area contributed by atoms with Crippen molar-refractivity contribution in [3.63, 3.8) is 0 Å². The summed E-state index contributed by atoms with van der Waals surface area (Å²) >= 11 is 0. The topological polar surface area (TPSA) is 82.2 Å². The number of nitrogens with one attached hydrogen (secondary N) is 1. The van der Waals surface area contributed by atoms with E-state index in [1.54, 1.807) is 4.90 Å². The molecule has 1 atom stereocenters. The van der Waals surface area contributed by atoms with Gasteiger partial charge in [-0.2, -0.15) is 5.10 Å².